The number of carbonyl (C=O) groups is 2. The van der Waals surface area contributed by atoms with Gasteiger partial charge < -0.3 is 15.4 Å². The van der Waals surface area contributed by atoms with Crippen molar-refractivity contribution < 1.29 is 14.7 Å². The lowest BCUT2D eigenvalue weighted by Crippen LogP contribution is -2.40. The molecular weight excluding hydrogens is 280 g/mol. The summed E-state index contributed by atoms with van der Waals surface area (Å²) in [4.78, 5) is 26.3. The molecule has 0 aliphatic carbocycles. The van der Waals surface area contributed by atoms with Gasteiger partial charge in [-0.1, -0.05) is 38.0 Å². The molecule has 2 rings (SSSR count). The Morgan fingerprint density at radius 2 is 2.09 bits per heavy atom. The second-order valence-electron chi connectivity index (χ2n) is 5.46. The molecule has 0 saturated carbocycles. The number of carboxylic acids is 1. The number of carboxylic acid groups (broad SMARTS) is 1. The molecule has 3 N–H and O–H groups in total. The number of amides is 1. The van der Waals surface area contributed by atoms with Gasteiger partial charge in [-0.05, 0) is 24.5 Å². The Labute approximate surface area is 129 Å². The number of H-pyrrole nitrogens is 1. The summed E-state index contributed by atoms with van der Waals surface area (Å²) < 4.78 is 0. The molecule has 0 bridgehead atoms. The first kappa shape index (κ1) is 16.1. The van der Waals surface area contributed by atoms with Gasteiger partial charge in [0.15, 0.2) is 0 Å². The number of aryl methyl sites for hydroxylation is 1. The summed E-state index contributed by atoms with van der Waals surface area (Å²) in [5.74, 6) is -1.18. The van der Waals surface area contributed by atoms with Crippen molar-refractivity contribution in [2.24, 2.45) is 0 Å². The smallest absolute Gasteiger partial charge is 0.326 e. The fourth-order valence-corrected chi connectivity index (χ4v) is 2.52. The first-order valence-electron chi connectivity index (χ1n) is 7.69. The van der Waals surface area contributed by atoms with Gasteiger partial charge in [-0.15, -0.1) is 0 Å². The van der Waals surface area contributed by atoms with Gasteiger partial charge in [0.1, 0.15) is 6.04 Å². The molecule has 22 heavy (non-hydrogen) atoms. The van der Waals surface area contributed by atoms with Crippen LogP contribution in [0.15, 0.2) is 30.5 Å². The Morgan fingerprint density at radius 3 is 2.82 bits per heavy atom. The van der Waals surface area contributed by atoms with Crippen LogP contribution in [0.3, 0.4) is 0 Å². The van der Waals surface area contributed by atoms with Gasteiger partial charge in [0.05, 0.1) is 0 Å². The Balaban J connectivity index is 1.90. The number of hydrogen-bond donors (Lipinski definition) is 3. The van der Waals surface area contributed by atoms with Crippen LogP contribution < -0.4 is 5.32 Å². The van der Waals surface area contributed by atoms with Crippen LogP contribution in [-0.4, -0.2) is 28.0 Å². The first-order valence-corrected chi connectivity index (χ1v) is 7.69. The van der Waals surface area contributed by atoms with Crippen LogP contribution in [-0.2, 0) is 16.0 Å². The summed E-state index contributed by atoms with van der Waals surface area (Å²) >= 11 is 0. The lowest BCUT2D eigenvalue weighted by molar-refractivity contribution is -0.142. The quantitative estimate of drug-likeness (QED) is 0.701. The second-order valence-corrected chi connectivity index (χ2v) is 5.46. The maximum absolute atomic E-state index is 12.0. The van der Waals surface area contributed by atoms with E-state index in [2.05, 4.69) is 10.3 Å². The van der Waals surface area contributed by atoms with E-state index < -0.39 is 12.0 Å². The summed E-state index contributed by atoms with van der Waals surface area (Å²) in [7, 11) is 0. The molecule has 1 heterocycles. The van der Waals surface area contributed by atoms with E-state index >= 15 is 0 Å². The number of rotatable bonds is 8. The van der Waals surface area contributed by atoms with Crippen molar-refractivity contribution in [2.45, 2.75) is 45.1 Å². The Hall–Kier alpha value is -2.30. The minimum Gasteiger partial charge on any atom is -0.480 e. The summed E-state index contributed by atoms with van der Waals surface area (Å²) in [5.41, 5.74) is 2.12. The van der Waals surface area contributed by atoms with E-state index in [1.807, 2.05) is 37.4 Å². The highest BCUT2D eigenvalue weighted by Gasteiger charge is 2.19. The highest BCUT2D eigenvalue weighted by Crippen LogP contribution is 2.18. The maximum Gasteiger partial charge on any atom is 0.326 e. The molecule has 0 aliphatic rings. The van der Waals surface area contributed by atoms with Crippen molar-refractivity contribution in [1.29, 1.82) is 0 Å². The lowest BCUT2D eigenvalue weighted by atomic mass is 10.1. The van der Waals surface area contributed by atoms with E-state index in [1.54, 1.807) is 0 Å². The zero-order chi connectivity index (χ0) is 15.9. The Morgan fingerprint density at radius 1 is 1.32 bits per heavy atom. The zero-order valence-corrected chi connectivity index (χ0v) is 12.8. The molecule has 5 nitrogen and oxygen atoms in total. The minimum absolute atomic E-state index is 0.214. The van der Waals surface area contributed by atoms with Crippen LogP contribution in [0.25, 0.3) is 10.9 Å². The predicted octanol–water partition coefficient (Wildman–Crippen LogP) is 2.86. The third kappa shape index (κ3) is 4.10. The van der Waals surface area contributed by atoms with Crippen molar-refractivity contribution in [1.82, 2.24) is 10.3 Å². The molecule has 5 heteroatoms. The van der Waals surface area contributed by atoms with Crippen molar-refractivity contribution >= 4 is 22.8 Å². The molecule has 1 amide bonds. The topological polar surface area (TPSA) is 82.2 Å². The number of para-hydroxylation sites is 1. The van der Waals surface area contributed by atoms with E-state index in [4.69, 9.17) is 5.11 Å². The number of carbonyl (C=O) groups excluding carboxylic acids is 1. The largest absolute Gasteiger partial charge is 0.480 e. The van der Waals surface area contributed by atoms with Gasteiger partial charge in [-0.2, -0.15) is 0 Å². The minimum atomic E-state index is -0.964. The molecule has 0 spiro atoms. The van der Waals surface area contributed by atoms with Crippen molar-refractivity contribution in [3.05, 3.63) is 36.0 Å². The van der Waals surface area contributed by atoms with Crippen molar-refractivity contribution in [3.8, 4) is 0 Å². The van der Waals surface area contributed by atoms with Crippen LogP contribution in [0.5, 0.6) is 0 Å². The molecular formula is C17H22N2O3. The number of aromatic amines is 1. The fraction of sp³-hybridized carbons (Fsp3) is 0.412. The first-order chi connectivity index (χ1) is 10.6. The van der Waals surface area contributed by atoms with E-state index in [1.165, 1.54) is 0 Å². The summed E-state index contributed by atoms with van der Waals surface area (Å²) in [6.07, 6.45) is 4.97. The number of unbranched alkanes of at least 4 members (excludes halogenated alkanes) is 1. The number of benzene rings is 1. The standard InChI is InChI=1S/C17H22N2O3/c1-2-3-7-15(17(21)22)19-16(20)10-9-12-11-18-14-8-5-4-6-13(12)14/h4-6,8,11,15,18H,2-3,7,9-10H2,1H3,(H,19,20)(H,21,22)/t15-/m1/s1. The van der Waals surface area contributed by atoms with Crippen molar-refractivity contribution in [2.75, 3.05) is 0 Å². The number of hydrogen-bond acceptors (Lipinski definition) is 2. The molecule has 1 atom stereocenters. The summed E-state index contributed by atoms with van der Waals surface area (Å²) in [6, 6.07) is 7.14. The van der Waals surface area contributed by atoms with Gasteiger partial charge in [-0.25, -0.2) is 4.79 Å². The van der Waals surface area contributed by atoms with Gasteiger partial charge >= 0.3 is 5.97 Å². The fourth-order valence-electron chi connectivity index (χ4n) is 2.52. The molecule has 0 unspecified atom stereocenters. The highest BCUT2D eigenvalue weighted by molar-refractivity contribution is 5.85. The van der Waals surface area contributed by atoms with Crippen LogP contribution in [0.4, 0.5) is 0 Å². The van der Waals surface area contributed by atoms with Gasteiger partial charge in [0.25, 0.3) is 0 Å². The van der Waals surface area contributed by atoms with E-state index in [0.717, 1.165) is 29.3 Å². The average molecular weight is 302 g/mol. The van der Waals surface area contributed by atoms with E-state index in [0.29, 0.717) is 12.8 Å². The lowest BCUT2D eigenvalue weighted by Gasteiger charge is -2.13. The molecule has 2 aromatic rings. The zero-order valence-electron chi connectivity index (χ0n) is 12.8. The number of nitrogens with one attached hydrogen (secondary N) is 2. The summed E-state index contributed by atoms with van der Waals surface area (Å²) in [5, 5.41) is 12.8. The van der Waals surface area contributed by atoms with E-state index in [-0.39, 0.29) is 12.3 Å². The second kappa shape index (κ2) is 7.64. The average Bonchev–Trinajstić information content (AvgIpc) is 2.92. The third-order valence-electron chi connectivity index (χ3n) is 3.78. The monoisotopic (exact) mass is 302 g/mol. The molecule has 0 fully saturated rings. The molecule has 118 valence electrons. The van der Waals surface area contributed by atoms with Crippen molar-refractivity contribution in [3.63, 3.8) is 0 Å². The molecule has 1 aromatic carbocycles. The van der Waals surface area contributed by atoms with Crippen LogP contribution >= 0.6 is 0 Å². The number of aliphatic carboxylic acids is 1. The Bertz CT molecular complexity index is 648. The molecule has 1 aromatic heterocycles. The van der Waals surface area contributed by atoms with Gasteiger partial charge in [-0.3, -0.25) is 4.79 Å². The SMILES string of the molecule is CCCC[C@@H](NC(=O)CCc1c[nH]c2ccccc12)C(=O)O. The molecule has 0 aliphatic heterocycles. The molecule has 0 saturated heterocycles. The maximum atomic E-state index is 12.0. The molecule has 0 radical (unpaired) electrons. The van der Waals surface area contributed by atoms with E-state index in [9.17, 15) is 9.59 Å². The Kier molecular flexibility index (Phi) is 5.58. The summed E-state index contributed by atoms with van der Waals surface area (Å²) in [6.45, 7) is 2.00. The predicted molar refractivity (Wildman–Crippen MR) is 85.7 cm³/mol. The normalized spacial score (nSPS) is 12.2. The van der Waals surface area contributed by atoms with Gasteiger partial charge in [0.2, 0.25) is 5.91 Å². The van der Waals surface area contributed by atoms with Crippen LogP contribution in [0, 0.1) is 0 Å². The van der Waals surface area contributed by atoms with Crippen LogP contribution in [0.1, 0.15) is 38.2 Å². The third-order valence-corrected chi connectivity index (χ3v) is 3.78. The highest BCUT2D eigenvalue weighted by atomic mass is 16.4. The number of aromatic nitrogens is 1. The number of fused-ring (bicyclic) bond motifs is 1. The van der Waals surface area contributed by atoms with Crippen LogP contribution in [0.2, 0.25) is 0 Å². The van der Waals surface area contributed by atoms with Gasteiger partial charge in [0, 0.05) is 23.5 Å².